The van der Waals surface area contributed by atoms with Crippen LogP contribution in [0.25, 0.3) is 99.4 Å². The first-order valence-electron chi connectivity index (χ1n) is 18.2. The van der Waals surface area contributed by atoms with Crippen molar-refractivity contribution >= 4 is 31.5 Å². The molecule has 3 heterocycles. The first-order chi connectivity index (χ1) is 27.3. The van der Waals surface area contributed by atoms with Crippen molar-refractivity contribution in [3.8, 4) is 79.2 Å². The van der Waals surface area contributed by atoms with Gasteiger partial charge in [0.2, 0.25) is 0 Å². The maximum Gasteiger partial charge on any atom is 0.164 e. The first-order valence-corrected chi connectivity index (χ1v) is 19.0. The highest BCUT2D eigenvalue weighted by atomic mass is 32.1. The average Bonchev–Trinajstić information content (AvgIpc) is 3.67. The van der Waals surface area contributed by atoms with Crippen LogP contribution in [-0.4, -0.2) is 24.9 Å². The van der Waals surface area contributed by atoms with Gasteiger partial charge in [0.05, 0.1) is 11.4 Å². The largest absolute Gasteiger partial charge is 0.228 e. The van der Waals surface area contributed by atoms with E-state index in [0.717, 1.165) is 71.4 Å². The topological polar surface area (TPSA) is 64.5 Å². The molecule has 0 spiro atoms. The highest BCUT2D eigenvalue weighted by molar-refractivity contribution is 7.26. The van der Waals surface area contributed by atoms with Gasteiger partial charge in [-0.3, -0.25) is 0 Å². The predicted molar refractivity (Wildman–Crippen MR) is 226 cm³/mol. The minimum Gasteiger partial charge on any atom is -0.228 e. The van der Waals surface area contributed by atoms with Crippen molar-refractivity contribution in [2.75, 3.05) is 0 Å². The fraction of sp³-hybridized carbons (Fsp3) is 0. The maximum atomic E-state index is 5.20. The average molecular weight is 722 g/mol. The number of benzene rings is 7. The second kappa shape index (κ2) is 14.0. The van der Waals surface area contributed by atoms with E-state index < -0.39 is 0 Å². The molecule has 0 saturated carbocycles. The molecule has 0 fully saturated rings. The van der Waals surface area contributed by atoms with Gasteiger partial charge in [0.1, 0.15) is 0 Å². The van der Waals surface area contributed by atoms with Crippen LogP contribution >= 0.6 is 11.3 Å². The molecule has 0 aliphatic carbocycles. The van der Waals surface area contributed by atoms with Gasteiger partial charge >= 0.3 is 0 Å². The van der Waals surface area contributed by atoms with Gasteiger partial charge in [0, 0.05) is 59.1 Å². The number of fused-ring (bicyclic) bond motifs is 3. The van der Waals surface area contributed by atoms with E-state index in [-0.39, 0.29) is 0 Å². The van der Waals surface area contributed by atoms with Gasteiger partial charge in [-0.25, -0.2) is 24.9 Å². The minimum atomic E-state index is 0.642. The first kappa shape index (κ1) is 32.5. The summed E-state index contributed by atoms with van der Waals surface area (Å²) in [6.45, 7) is 0. The van der Waals surface area contributed by atoms with E-state index in [1.54, 1.807) is 11.3 Å². The third-order valence-corrected chi connectivity index (χ3v) is 11.0. The summed E-state index contributed by atoms with van der Waals surface area (Å²) in [5, 5.41) is 2.27. The highest BCUT2D eigenvalue weighted by Crippen LogP contribution is 2.45. The Balaban J connectivity index is 1.16. The Bertz CT molecular complexity index is 2850. The lowest BCUT2D eigenvalue weighted by atomic mass is 9.96. The Morgan fingerprint density at radius 1 is 0.309 bits per heavy atom. The summed E-state index contributed by atoms with van der Waals surface area (Å²) in [5.41, 5.74) is 9.88. The molecule has 258 valence electrons. The van der Waals surface area contributed by atoms with Crippen LogP contribution in [0.2, 0.25) is 0 Å². The summed E-state index contributed by atoms with van der Waals surface area (Å²) >= 11 is 1.79. The van der Waals surface area contributed by atoms with Gasteiger partial charge in [0.25, 0.3) is 0 Å². The molecule has 0 aliphatic rings. The molecule has 7 aromatic carbocycles. The standard InChI is InChI=1S/C49H31N5S/c1-5-17-32(18-6-1)41-31-42(33-19-7-2-8-20-33)51-48(50-41)38-26-14-13-25-36(38)37-27-15-28-39-44-40(29-16-30-43(44)55-45(37)39)49-53-46(34-21-9-3-10-22-34)52-47(54-49)35-23-11-4-12-24-35/h1-31H. The van der Waals surface area contributed by atoms with Crippen LogP contribution in [0.4, 0.5) is 0 Å². The second-order valence-corrected chi connectivity index (χ2v) is 14.3. The molecule has 0 radical (unpaired) electrons. The maximum absolute atomic E-state index is 5.20. The predicted octanol–water partition coefficient (Wildman–Crippen LogP) is 12.7. The smallest absolute Gasteiger partial charge is 0.164 e. The van der Waals surface area contributed by atoms with Gasteiger partial charge in [-0.15, -0.1) is 11.3 Å². The molecule has 5 nitrogen and oxygen atoms in total. The quantitative estimate of drug-likeness (QED) is 0.164. The molecular formula is C49H31N5S. The Kier molecular flexibility index (Phi) is 8.28. The van der Waals surface area contributed by atoms with Gasteiger partial charge in [0.15, 0.2) is 23.3 Å². The van der Waals surface area contributed by atoms with Crippen molar-refractivity contribution in [2.45, 2.75) is 0 Å². The number of rotatable bonds is 7. The molecule has 0 N–H and O–H groups in total. The highest BCUT2D eigenvalue weighted by Gasteiger charge is 2.20. The van der Waals surface area contributed by atoms with Crippen molar-refractivity contribution in [1.29, 1.82) is 0 Å². The van der Waals surface area contributed by atoms with E-state index >= 15 is 0 Å². The molecule has 0 atom stereocenters. The Labute approximate surface area is 322 Å². The number of thiophene rings is 1. The van der Waals surface area contributed by atoms with Gasteiger partial charge in [-0.1, -0.05) is 176 Å². The Morgan fingerprint density at radius 2 is 0.745 bits per heavy atom. The number of hydrogen-bond donors (Lipinski definition) is 0. The summed E-state index contributed by atoms with van der Waals surface area (Å²) in [4.78, 5) is 25.5. The zero-order valence-electron chi connectivity index (χ0n) is 29.5. The third-order valence-electron chi connectivity index (χ3n) is 9.79. The summed E-state index contributed by atoms with van der Waals surface area (Å²) in [6, 6.07) is 64.4. The number of hydrogen-bond acceptors (Lipinski definition) is 6. The van der Waals surface area contributed by atoms with Gasteiger partial charge < -0.3 is 0 Å². The van der Waals surface area contributed by atoms with Crippen LogP contribution in [0.3, 0.4) is 0 Å². The normalized spacial score (nSPS) is 11.3. The van der Waals surface area contributed by atoms with Crippen molar-refractivity contribution in [1.82, 2.24) is 24.9 Å². The van der Waals surface area contributed by atoms with Crippen LogP contribution in [0.15, 0.2) is 188 Å². The fourth-order valence-corrected chi connectivity index (χ4v) is 8.43. The van der Waals surface area contributed by atoms with Crippen molar-refractivity contribution < 1.29 is 0 Å². The summed E-state index contributed by atoms with van der Waals surface area (Å²) in [5.74, 6) is 2.61. The molecule has 55 heavy (non-hydrogen) atoms. The molecule has 0 unspecified atom stereocenters. The third kappa shape index (κ3) is 6.14. The molecule has 6 heteroatoms. The molecule has 0 amide bonds. The molecule has 10 rings (SSSR count). The zero-order chi connectivity index (χ0) is 36.6. The van der Waals surface area contributed by atoms with E-state index in [1.807, 2.05) is 97.1 Å². The van der Waals surface area contributed by atoms with Crippen LogP contribution in [0.5, 0.6) is 0 Å². The van der Waals surface area contributed by atoms with E-state index in [9.17, 15) is 0 Å². The van der Waals surface area contributed by atoms with E-state index in [4.69, 9.17) is 24.9 Å². The van der Waals surface area contributed by atoms with E-state index in [2.05, 4.69) is 91.0 Å². The van der Waals surface area contributed by atoms with Crippen molar-refractivity contribution in [3.63, 3.8) is 0 Å². The summed E-state index contributed by atoms with van der Waals surface area (Å²) in [6.07, 6.45) is 0. The van der Waals surface area contributed by atoms with Crippen molar-refractivity contribution in [3.05, 3.63) is 188 Å². The monoisotopic (exact) mass is 721 g/mol. The summed E-state index contributed by atoms with van der Waals surface area (Å²) in [7, 11) is 0. The SMILES string of the molecule is c1ccc(-c2cc(-c3ccccc3)nc(-c3ccccc3-c3cccc4c3sc3cccc(-c5nc(-c6ccccc6)nc(-c6ccccc6)n5)c34)n2)cc1. The molecular weight excluding hydrogens is 691 g/mol. The van der Waals surface area contributed by atoms with Crippen LogP contribution in [0, 0.1) is 0 Å². The van der Waals surface area contributed by atoms with E-state index in [0.29, 0.717) is 23.3 Å². The lowest BCUT2D eigenvalue weighted by molar-refractivity contribution is 1.08. The van der Waals surface area contributed by atoms with Crippen molar-refractivity contribution in [2.24, 2.45) is 0 Å². The minimum absolute atomic E-state index is 0.642. The Morgan fingerprint density at radius 3 is 1.33 bits per heavy atom. The van der Waals surface area contributed by atoms with E-state index in [1.165, 1.54) is 4.70 Å². The van der Waals surface area contributed by atoms with Crippen LogP contribution in [0.1, 0.15) is 0 Å². The Hall–Kier alpha value is -7.15. The molecule has 0 aliphatic heterocycles. The van der Waals surface area contributed by atoms with Crippen LogP contribution < -0.4 is 0 Å². The molecule has 10 aromatic rings. The fourth-order valence-electron chi connectivity index (χ4n) is 7.17. The second-order valence-electron chi connectivity index (χ2n) is 13.2. The van der Waals surface area contributed by atoms with Crippen LogP contribution in [-0.2, 0) is 0 Å². The molecule has 0 bridgehead atoms. The molecule has 3 aromatic heterocycles. The lowest BCUT2D eigenvalue weighted by Crippen LogP contribution is -2.00. The number of aromatic nitrogens is 5. The zero-order valence-corrected chi connectivity index (χ0v) is 30.4. The lowest BCUT2D eigenvalue weighted by Gasteiger charge is -2.13. The molecule has 0 saturated heterocycles. The van der Waals surface area contributed by atoms with Gasteiger partial charge in [-0.2, -0.15) is 0 Å². The summed E-state index contributed by atoms with van der Waals surface area (Å²) < 4.78 is 2.34. The number of nitrogens with zero attached hydrogens (tertiary/aromatic N) is 5. The van der Waals surface area contributed by atoms with Gasteiger partial charge in [-0.05, 0) is 17.7 Å².